The molecule has 2 rings (SSSR count). The molecule has 0 fully saturated rings. The number of halogens is 6. The highest BCUT2D eigenvalue weighted by molar-refractivity contribution is 9.10. The van der Waals surface area contributed by atoms with Gasteiger partial charge in [0.2, 0.25) is 0 Å². The molecule has 0 saturated carbocycles. The van der Waals surface area contributed by atoms with E-state index in [0.717, 1.165) is 12.1 Å². The van der Waals surface area contributed by atoms with Gasteiger partial charge in [0.15, 0.2) is 0 Å². The highest BCUT2D eigenvalue weighted by Gasteiger charge is 2.30. The van der Waals surface area contributed by atoms with Gasteiger partial charge in [0.25, 0.3) is 0 Å². The quantitative estimate of drug-likeness (QED) is 0.654. The standard InChI is InChI=1S/C14H9BrClF4N/c15-10-5-4-9(14(18,19)20)6-12(10)21-7-8-2-1-3-11(17)13(8)16/h1-6,21H,7H2. The van der Waals surface area contributed by atoms with Crippen molar-refractivity contribution in [1.82, 2.24) is 0 Å². The van der Waals surface area contributed by atoms with E-state index in [1.54, 1.807) is 6.07 Å². The second-order valence-corrected chi connectivity index (χ2v) is 5.49. The molecule has 21 heavy (non-hydrogen) atoms. The minimum absolute atomic E-state index is 0.0481. The Balaban J connectivity index is 2.22. The molecule has 0 atom stereocenters. The summed E-state index contributed by atoms with van der Waals surface area (Å²) >= 11 is 8.96. The molecule has 0 aliphatic heterocycles. The number of anilines is 1. The summed E-state index contributed by atoms with van der Waals surface area (Å²) in [6, 6.07) is 7.56. The summed E-state index contributed by atoms with van der Waals surface area (Å²) in [6.07, 6.45) is -4.42. The van der Waals surface area contributed by atoms with Crippen LogP contribution in [0.5, 0.6) is 0 Å². The fraction of sp³-hybridized carbons (Fsp3) is 0.143. The minimum Gasteiger partial charge on any atom is -0.380 e. The van der Waals surface area contributed by atoms with Gasteiger partial charge in [0, 0.05) is 16.7 Å². The summed E-state index contributed by atoms with van der Waals surface area (Å²) < 4.78 is 51.8. The van der Waals surface area contributed by atoms with Crippen LogP contribution in [0.15, 0.2) is 40.9 Å². The van der Waals surface area contributed by atoms with Gasteiger partial charge in [-0.15, -0.1) is 0 Å². The lowest BCUT2D eigenvalue weighted by molar-refractivity contribution is -0.137. The predicted molar refractivity (Wildman–Crippen MR) is 77.9 cm³/mol. The molecule has 0 heterocycles. The molecular weight excluding hydrogens is 374 g/mol. The molecule has 0 aliphatic rings. The maximum Gasteiger partial charge on any atom is 0.416 e. The number of nitrogens with one attached hydrogen (secondary N) is 1. The fourth-order valence-corrected chi connectivity index (χ4v) is 2.29. The third-order valence-electron chi connectivity index (χ3n) is 2.79. The van der Waals surface area contributed by atoms with E-state index in [-0.39, 0.29) is 17.3 Å². The molecule has 0 aromatic heterocycles. The SMILES string of the molecule is Fc1cccc(CNc2cc(C(F)(F)F)ccc2Br)c1Cl. The average molecular weight is 383 g/mol. The number of benzene rings is 2. The monoisotopic (exact) mass is 381 g/mol. The number of alkyl halides is 3. The van der Waals surface area contributed by atoms with Gasteiger partial charge in [-0.25, -0.2) is 4.39 Å². The first-order valence-corrected chi connectivity index (χ1v) is 6.99. The topological polar surface area (TPSA) is 12.0 Å². The van der Waals surface area contributed by atoms with Gasteiger partial charge in [0.05, 0.1) is 10.6 Å². The Kier molecular flexibility index (Phi) is 4.78. The molecule has 0 saturated heterocycles. The molecule has 2 aromatic rings. The van der Waals surface area contributed by atoms with E-state index in [9.17, 15) is 17.6 Å². The third kappa shape index (κ3) is 3.89. The zero-order chi connectivity index (χ0) is 15.6. The second-order valence-electron chi connectivity index (χ2n) is 4.26. The zero-order valence-corrected chi connectivity index (χ0v) is 12.8. The predicted octanol–water partition coefficient (Wildman–Crippen LogP) is 5.87. The molecule has 0 spiro atoms. The largest absolute Gasteiger partial charge is 0.416 e. The van der Waals surface area contributed by atoms with Crippen molar-refractivity contribution in [3.8, 4) is 0 Å². The first kappa shape index (κ1) is 16.1. The van der Waals surface area contributed by atoms with E-state index in [4.69, 9.17) is 11.6 Å². The summed E-state index contributed by atoms with van der Waals surface area (Å²) in [5.74, 6) is -0.570. The molecule has 0 bridgehead atoms. The van der Waals surface area contributed by atoms with E-state index >= 15 is 0 Å². The maximum atomic E-state index is 13.3. The van der Waals surface area contributed by atoms with Gasteiger partial charge in [-0.3, -0.25) is 0 Å². The number of hydrogen-bond donors (Lipinski definition) is 1. The van der Waals surface area contributed by atoms with Crippen LogP contribution in [-0.4, -0.2) is 0 Å². The van der Waals surface area contributed by atoms with Gasteiger partial charge in [-0.05, 0) is 45.8 Å². The van der Waals surface area contributed by atoms with Crippen molar-refractivity contribution < 1.29 is 17.6 Å². The van der Waals surface area contributed by atoms with Crippen molar-refractivity contribution in [3.63, 3.8) is 0 Å². The summed E-state index contributed by atoms with van der Waals surface area (Å²) in [6.45, 7) is 0.108. The van der Waals surface area contributed by atoms with Gasteiger partial charge in [0.1, 0.15) is 5.82 Å². The van der Waals surface area contributed by atoms with Gasteiger partial charge in [-0.2, -0.15) is 13.2 Å². The van der Waals surface area contributed by atoms with Crippen LogP contribution in [0, 0.1) is 5.82 Å². The Morgan fingerprint density at radius 2 is 1.86 bits per heavy atom. The Morgan fingerprint density at radius 1 is 1.14 bits per heavy atom. The Hall–Kier alpha value is -1.27. The molecule has 0 amide bonds. The lowest BCUT2D eigenvalue weighted by Gasteiger charge is -2.13. The van der Waals surface area contributed by atoms with Gasteiger partial charge in [-0.1, -0.05) is 23.7 Å². The molecule has 1 N–H and O–H groups in total. The molecule has 0 aliphatic carbocycles. The van der Waals surface area contributed by atoms with E-state index in [0.29, 0.717) is 10.0 Å². The zero-order valence-electron chi connectivity index (χ0n) is 10.4. The average Bonchev–Trinajstić information content (AvgIpc) is 2.40. The van der Waals surface area contributed by atoms with Crippen LogP contribution in [0.2, 0.25) is 5.02 Å². The van der Waals surface area contributed by atoms with E-state index in [2.05, 4.69) is 21.2 Å². The van der Waals surface area contributed by atoms with Crippen LogP contribution < -0.4 is 5.32 Å². The molecule has 0 unspecified atom stereocenters. The minimum atomic E-state index is -4.42. The molecule has 112 valence electrons. The smallest absolute Gasteiger partial charge is 0.380 e. The first-order valence-electron chi connectivity index (χ1n) is 5.82. The van der Waals surface area contributed by atoms with Gasteiger partial charge >= 0.3 is 6.18 Å². The lowest BCUT2D eigenvalue weighted by Crippen LogP contribution is -2.07. The summed E-state index contributed by atoms with van der Waals surface area (Å²) in [5.41, 5.74) is -0.0512. The molecule has 1 nitrogen and oxygen atoms in total. The Labute approximate surface area is 132 Å². The lowest BCUT2D eigenvalue weighted by atomic mass is 10.1. The Bertz CT molecular complexity index is 658. The third-order valence-corrected chi connectivity index (χ3v) is 3.91. The van der Waals surface area contributed by atoms with E-state index in [1.165, 1.54) is 18.2 Å². The summed E-state index contributed by atoms with van der Waals surface area (Å²) in [7, 11) is 0. The van der Waals surface area contributed by atoms with Crippen molar-refractivity contribution in [3.05, 3.63) is 62.8 Å². The maximum absolute atomic E-state index is 13.3. The molecular formula is C14H9BrClF4N. The van der Waals surface area contributed by atoms with Crippen LogP contribution in [0.1, 0.15) is 11.1 Å². The van der Waals surface area contributed by atoms with Gasteiger partial charge < -0.3 is 5.32 Å². The summed E-state index contributed by atoms with van der Waals surface area (Å²) in [5, 5.41) is 2.76. The van der Waals surface area contributed by atoms with Crippen LogP contribution in [0.4, 0.5) is 23.2 Å². The highest BCUT2D eigenvalue weighted by Crippen LogP contribution is 2.34. The van der Waals surface area contributed by atoms with Crippen LogP contribution in [-0.2, 0) is 12.7 Å². The summed E-state index contributed by atoms with van der Waals surface area (Å²) in [4.78, 5) is 0. The fourth-order valence-electron chi connectivity index (χ4n) is 1.71. The van der Waals surface area contributed by atoms with Crippen molar-refractivity contribution in [2.45, 2.75) is 12.7 Å². The molecule has 7 heteroatoms. The number of rotatable bonds is 3. The van der Waals surface area contributed by atoms with Crippen LogP contribution >= 0.6 is 27.5 Å². The van der Waals surface area contributed by atoms with Crippen LogP contribution in [0.3, 0.4) is 0 Å². The van der Waals surface area contributed by atoms with Crippen molar-refractivity contribution in [2.75, 3.05) is 5.32 Å². The molecule has 2 aromatic carbocycles. The molecule has 0 radical (unpaired) electrons. The Morgan fingerprint density at radius 3 is 2.52 bits per heavy atom. The van der Waals surface area contributed by atoms with Crippen LogP contribution in [0.25, 0.3) is 0 Å². The van der Waals surface area contributed by atoms with Crippen molar-refractivity contribution >= 4 is 33.2 Å². The van der Waals surface area contributed by atoms with Crippen molar-refractivity contribution in [1.29, 1.82) is 0 Å². The highest BCUT2D eigenvalue weighted by atomic mass is 79.9. The second kappa shape index (κ2) is 6.23. The van der Waals surface area contributed by atoms with Crippen molar-refractivity contribution in [2.24, 2.45) is 0 Å². The van der Waals surface area contributed by atoms with E-state index < -0.39 is 17.6 Å². The normalized spacial score (nSPS) is 11.5. The first-order chi connectivity index (χ1) is 9.79. The van der Waals surface area contributed by atoms with E-state index in [1.807, 2.05) is 0 Å². The number of hydrogen-bond acceptors (Lipinski definition) is 1.